The van der Waals surface area contributed by atoms with Crippen LogP contribution in [0.3, 0.4) is 0 Å². The topological polar surface area (TPSA) is 33.2 Å². The van der Waals surface area contributed by atoms with E-state index in [1.54, 1.807) is 14.1 Å². The van der Waals surface area contributed by atoms with Gasteiger partial charge in [-0.2, -0.15) is 0 Å². The van der Waals surface area contributed by atoms with Gasteiger partial charge in [0.1, 0.15) is 5.69 Å². The van der Waals surface area contributed by atoms with Crippen LogP contribution in [0.4, 0.5) is 8.78 Å². The summed E-state index contributed by atoms with van der Waals surface area (Å²) in [5, 5.41) is -0.141. The highest BCUT2D eigenvalue weighted by Crippen LogP contribution is 2.32. The van der Waals surface area contributed by atoms with Gasteiger partial charge in [-0.1, -0.05) is 23.2 Å². The number of rotatable bonds is 3. The van der Waals surface area contributed by atoms with Gasteiger partial charge in [-0.15, -0.1) is 0 Å². The Kier molecular flexibility index (Phi) is 4.65. The van der Waals surface area contributed by atoms with Gasteiger partial charge in [0.25, 0.3) is 6.43 Å². The third-order valence-electron chi connectivity index (χ3n) is 2.13. The summed E-state index contributed by atoms with van der Waals surface area (Å²) in [7, 11) is 3.11. The molecule has 0 fully saturated rings. The highest BCUT2D eigenvalue weighted by molar-refractivity contribution is 6.36. The molecule has 1 rings (SSSR count). The third kappa shape index (κ3) is 3.26. The Bertz CT molecular complexity index is 439. The van der Waals surface area contributed by atoms with E-state index in [-0.39, 0.29) is 27.9 Å². The summed E-state index contributed by atoms with van der Waals surface area (Å²) >= 11 is 11.6. The molecule has 1 aromatic rings. The van der Waals surface area contributed by atoms with Gasteiger partial charge in [0.2, 0.25) is 5.91 Å². The van der Waals surface area contributed by atoms with Crippen LogP contribution < -0.4 is 0 Å². The SMILES string of the molecule is CN(C)C(=O)Cc1c(Cl)cnc(C(F)[18F])c1Cl. The Morgan fingerprint density at radius 3 is 2.53 bits per heavy atom. The minimum atomic E-state index is -2.80. The molecular weight excluding hydrogens is 272 g/mol. The van der Waals surface area contributed by atoms with Crippen LogP contribution in [0.15, 0.2) is 6.20 Å². The zero-order chi connectivity index (χ0) is 13.2. The van der Waals surface area contributed by atoms with Gasteiger partial charge in [-0.05, 0) is 0 Å². The van der Waals surface area contributed by atoms with Crippen LogP contribution in [-0.2, 0) is 11.2 Å². The standard InChI is InChI=1S/C10H10Cl2F2N2O/c1-16(2)7(17)3-5-6(11)4-15-9(8(5)12)10(13)14/h4,10H,3H2,1-2H3/i13-1. The lowest BCUT2D eigenvalue weighted by atomic mass is 10.1. The Balaban J connectivity index is 3.14. The fourth-order valence-corrected chi connectivity index (χ4v) is 1.70. The Morgan fingerprint density at radius 2 is 2.06 bits per heavy atom. The molecule has 0 saturated heterocycles. The van der Waals surface area contributed by atoms with Crippen molar-refractivity contribution in [2.75, 3.05) is 14.1 Å². The summed E-state index contributed by atoms with van der Waals surface area (Å²) in [5.74, 6) is -0.278. The Labute approximate surface area is 107 Å². The number of pyridine rings is 1. The van der Waals surface area contributed by atoms with E-state index in [0.717, 1.165) is 6.20 Å². The highest BCUT2D eigenvalue weighted by atomic mass is 35.5. The maximum atomic E-state index is 12.6. The summed E-state index contributed by atoms with van der Waals surface area (Å²) in [5.41, 5.74) is -0.380. The minimum Gasteiger partial charge on any atom is -0.349 e. The lowest BCUT2D eigenvalue weighted by Gasteiger charge is -2.13. The molecule has 94 valence electrons. The van der Waals surface area contributed by atoms with E-state index in [1.807, 2.05) is 0 Å². The molecule has 1 aromatic heterocycles. The first kappa shape index (κ1) is 14.1. The van der Waals surface area contributed by atoms with Crippen LogP contribution in [0.2, 0.25) is 10.0 Å². The molecule has 1 unspecified atom stereocenters. The lowest BCUT2D eigenvalue weighted by Crippen LogP contribution is -2.24. The van der Waals surface area contributed by atoms with Crippen molar-refractivity contribution < 1.29 is 13.6 Å². The van der Waals surface area contributed by atoms with Crippen LogP contribution in [-0.4, -0.2) is 29.9 Å². The number of halogens is 4. The van der Waals surface area contributed by atoms with Gasteiger partial charge in [0, 0.05) is 25.9 Å². The molecule has 1 heterocycles. The van der Waals surface area contributed by atoms with Crippen LogP contribution in [0, 0.1) is 0 Å². The largest absolute Gasteiger partial charge is 0.349 e. The number of likely N-dealkylation sites (N-methyl/N-ethyl adjacent to an activating group) is 1. The summed E-state index contributed by atoms with van der Waals surface area (Å²) in [6.45, 7) is 0. The van der Waals surface area contributed by atoms with Crippen molar-refractivity contribution in [3.05, 3.63) is 27.5 Å². The highest BCUT2D eigenvalue weighted by Gasteiger charge is 2.21. The molecular formula is C10H10Cl2F2N2O. The zero-order valence-corrected chi connectivity index (χ0v) is 10.7. The summed E-state index contributed by atoms with van der Waals surface area (Å²) in [4.78, 5) is 16.3. The third-order valence-corrected chi connectivity index (χ3v) is 2.88. The van der Waals surface area contributed by atoms with E-state index in [0.29, 0.717) is 0 Å². The molecule has 0 aromatic carbocycles. The second kappa shape index (κ2) is 5.60. The first-order chi connectivity index (χ1) is 7.84. The monoisotopic (exact) mass is 281 g/mol. The predicted molar refractivity (Wildman–Crippen MR) is 61.6 cm³/mol. The molecule has 0 radical (unpaired) electrons. The molecule has 0 saturated carbocycles. The summed E-state index contributed by atoms with van der Waals surface area (Å²) in [6, 6.07) is 0. The van der Waals surface area contributed by atoms with Crippen molar-refractivity contribution in [2.24, 2.45) is 0 Å². The molecule has 0 bridgehead atoms. The number of hydrogen-bond donors (Lipinski definition) is 0. The number of aromatic nitrogens is 1. The van der Waals surface area contributed by atoms with Gasteiger partial charge in [-0.3, -0.25) is 9.78 Å². The lowest BCUT2D eigenvalue weighted by molar-refractivity contribution is -0.127. The van der Waals surface area contributed by atoms with Crippen LogP contribution in [0.1, 0.15) is 17.7 Å². The normalized spacial score (nSPS) is 12.4. The van der Waals surface area contributed by atoms with Crippen LogP contribution in [0.5, 0.6) is 0 Å². The van der Waals surface area contributed by atoms with Gasteiger partial charge < -0.3 is 4.90 Å². The molecule has 0 N–H and O–H groups in total. The number of hydrogen-bond acceptors (Lipinski definition) is 2. The van der Waals surface area contributed by atoms with E-state index in [4.69, 9.17) is 23.2 Å². The maximum Gasteiger partial charge on any atom is 0.281 e. The summed E-state index contributed by atoms with van der Waals surface area (Å²) in [6.07, 6.45) is -1.85. The van der Waals surface area contributed by atoms with Crippen molar-refractivity contribution in [1.29, 1.82) is 0 Å². The van der Waals surface area contributed by atoms with E-state index in [2.05, 4.69) is 4.98 Å². The average molecular weight is 282 g/mol. The predicted octanol–water partition coefficient (Wildman–Crippen LogP) is 2.96. The van der Waals surface area contributed by atoms with Crippen molar-refractivity contribution in [3.8, 4) is 0 Å². The number of carbonyl (C=O) groups excluding carboxylic acids is 1. The van der Waals surface area contributed by atoms with E-state index >= 15 is 0 Å². The molecule has 17 heavy (non-hydrogen) atoms. The average Bonchev–Trinajstić information content (AvgIpc) is 2.22. The quantitative estimate of drug-likeness (QED) is 0.854. The fourth-order valence-electron chi connectivity index (χ4n) is 1.14. The van der Waals surface area contributed by atoms with Crippen molar-refractivity contribution in [2.45, 2.75) is 12.8 Å². The van der Waals surface area contributed by atoms with Crippen LogP contribution in [0.25, 0.3) is 0 Å². The first-order valence-corrected chi connectivity index (χ1v) is 5.41. The molecule has 0 aliphatic carbocycles. The summed E-state index contributed by atoms with van der Waals surface area (Å²) < 4.78 is 25.1. The molecule has 1 amide bonds. The van der Waals surface area contributed by atoms with Crippen molar-refractivity contribution >= 4 is 29.1 Å². The van der Waals surface area contributed by atoms with Gasteiger partial charge in [0.15, 0.2) is 0 Å². The zero-order valence-electron chi connectivity index (χ0n) is 9.18. The number of nitrogens with zero attached hydrogens (tertiary/aromatic N) is 2. The molecule has 0 aliphatic heterocycles. The second-order valence-corrected chi connectivity index (χ2v) is 4.33. The number of amides is 1. The Morgan fingerprint density at radius 1 is 1.47 bits per heavy atom. The molecule has 1 atom stereocenters. The maximum absolute atomic E-state index is 12.6. The van der Waals surface area contributed by atoms with E-state index in [9.17, 15) is 13.6 Å². The van der Waals surface area contributed by atoms with E-state index < -0.39 is 12.1 Å². The van der Waals surface area contributed by atoms with Gasteiger partial charge in [-0.25, -0.2) is 8.78 Å². The molecule has 0 aliphatic rings. The molecule has 0 spiro atoms. The molecule has 7 heteroatoms. The van der Waals surface area contributed by atoms with Crippen molar-refractivity contribution in [3.63, 3.8) is 0 Å². The smallest absolute Gasteiger partial charge is 0.281 e. The van der Waals surface area contributed by atoms with Gasteiger partial charge >= 0.3 is 0 Å². The minimum absolute atomic E-state index is 0.106. The number of alkyl halides is 2. The van der Waals surface area contributed by atoms with Crippen LogP contribution >= 0.6 is 23.2 Å². The number of carbonyl (C=O) groups is 1. The van der Waals surface area contributed by atoms with Gasteiger partial charge in [0.05, 0.1) is 16.5 Å². The van der Waals surface area contributed by atoms with Crippen molar-refractivity contribution in [1.82, 2.24) is 9.88 Å². The fraction of sp³-hybridized carbons (Fsp3) is 0.400. The molecule has 3 nitrogen and oxygen atoms in total. The Hall–Kier alpha value is -0.940. The van der Waals surface area contributed by atoms with E-state index in [1.165, 1.54) is 4.90 Å². The first-order valence-electron chi connectivity index (χ1n) is 4.65. The second-order valence-electron chi connectivity index (χ2n) is 3.55.